The summed E-state index contributed by atoms with van der Waals surface area (Å²) < 4.78 is 5.28. The summed E-state index contributed by atoms with van der Waals surface area (Å²) in [6.45, 7) is 2.06. The minimum Gasteiger partial charge on any atom is -0.497 e. The van der Waals surface area contributed by atoms with Gasteiger partial charge in [-0.3, -0.25) is 0 Å². The fourth-order valence-corrected chi connectivity index (χ4v) is 2.71. The summed E-state index contributed by atoms with van der Waals surface area (Å²) in [6.07, 6.45) is 1.07. The molecule has 0 fully saturated rings. The summed E-state index contributed by atoms with van der Waals surface area (Å²) in [5.41, 5.74) is 4.89. The lowest BCUT2D eigenvalue weighted by Crippen LogP contribution is -2.19. The third-order valence-electron chi connectivity index (χ3n) is 3.86. The smallest absolute Gasteiger partial charge is 0.119 e. The normalized spacial score (nSPS) is 13.4. The number of ether oxygens (including phenoxy) is 1. The van der Waals surface area contributed by atoms with E-state index in [0.29, 0.717) is 0 Å². The molecule has 20 heavy (non-hydrogen) atoms. The van der Waals surface area contributed by atoms with Gasteiger partial charge in [0.05, 0.1) is 13.7 Å². The molecule has 0 radical (unpaired) electrons. The van der Waals surface area contributed by atoms with E-state index in [1.54, 1.807) is 7.11 Å². The Hall–Kier alpha value is -2.00. The average Bonchev–Trinajstić information content (AvgIpc) is 2.90. The fraction of sp³-hybridized carbons (Fsp3) is 0.294. The Bertz CT molecular complexity index is 592. The molecule has 0 amide bonds. The van der Waals surface area contributed by atoms with Crippen LogP contribution in [0.3, 0.4) is 0 Å². The minimum absolute atomic E-state index is 0.104. The number of benzene rings is 2. The van der Waals surface area contributed by atoms with Crippen LogP contribution in [0.25, 0.3) is 0 Å². The van der Waals surface area contributed by atoms with E-state index in [0.717, 1.165) is 30.8 Å². The maximum absolute atomic E-state index is 9.07. The first-order chi connectivity index (χ1) is 9.80. The van der Waals surface area contributed by atoms with E-state index in [-0.39, 0.29) is 6.61 Å². The molecule has 0 aliphatic carbocycles. The third-order valence-corrected chi connectivity index (χ3v) is 3.86. The molecule has 0 unspecified atom stereocenters. The van der Waals surface area contributed by atoms with Crippen LogP contribution in [0.4, 0.5) is 5.69 Å². The van der Waals surface area contributed by atoms with Gasteiger partial charge < -0.3 is 14.7 Å². The molecule has 1 N–H and O–H groups in total. The van der Waals surface area contributed by atoms with Crippen LogP contribution < -0.4 is 9.64 Å². The van der Waals surface area contributed by atoms with Crippen LogP contribution in [-0.2, 0) is 19.6 Å². The maximum Gasteiger partial charge on any atom is 0.119 e. The SMILES string of the molecule is COc1ccc2c(c1)CCN2Cc1ccc(CO)cc1. The molecule has 1 aliphatic heterocycles. The van der Waals surface area contributed by atoms with Crippen LogP contribution in [0.2, 0.25) is 0 Å². The predicted molar refractivity (Wildman–Crippen MR) is 80.1 cm³/mol. The molecule has 104 valence electrons. The summed E-state index contributed by atoms with van der Waals surface area (Å²) in [6, 6.07) is 14.4. The monoisotopic (exact) mass is 269 g/mol. The van der Waals surface area contributed by atoms with Crippen molar-refractivity contribution >= 4 is 5.69 Å². The minimum atomic E-state index is 0.104. The van der Waals surface area contributed by atoms with Crippen molar-refractivity contribution in [1.82, 2.24) is 0 Å². The number of hydrogen-bond acceptors (Lipinski definition) is 3. The summed E-state index contributed by atoms with van der Waals surface area (Å²) in [4.78, 5) is 2.39. The highest BCUT2D eigenvalue weighted by molar-refractivity contribution is 5.60. The molecule has 3 nitrogen and oxygen atoms in total. The topological polar surface area (TPSA) is 32.7 Å². The molecule has 1 heterocycles. The van der Waals surface area contributed by atoms with Gasteiger partial charge in [-0.2, -0.15) is 0 Å². The van der Waals surface area contributed by atoms with Gasteiger partial charge >= 0.3 is 0 Å². The molecular formula is C17H19NO2. The van der Waals surface area contributed by atoms with E-state index in [1.807, 2.05) is 18.2 Å². The Kier molecular flexibility index (Phi) is 3.61. The number of aliphatic hydroxyl groups is 1. The maximum atomic E-state index is 9.07. The third kappa shape index (κ3) is 2.49. The molecule has 2 aromatic carbocycles. The Morgan fingerprint density at radius 3 is 2.55 bits per heavy atom. The first-order valence-electron chi connectivity index (χ1n) is 6.90. The Morgan fingerprint density at radius 2 is 1.85 bits per heavy atom. The lowest BCUT2D eigenvalue weighted by molar-refractivity contribution is 0.282. The van der Waals surface area contributed by atoms with Crippen molar-refractivity contribution in [3.05, 3.63) is 59.2 Å². The van der Waals surface area contributed by atoms with Gasteiger partial charge in [0.25, 0.3) is 0 Å². The average molecular weight is 269 g/mol. The standard InChI is InChI=1S/C17H19NO2/c1-20-16-6-7-17-15(10-16)8-9-18(17)11-13-2-4-14(12-19)5-3-13/h2-7,10,19H,8-9,11-12H2,1H3. The first kappa shape index (κ1) is 13.0. The summed E-state index contributed by atoms with van der Waals surface area (Å²) in [5.74, 6) is 0.929. The van der Waals surface area contributed by atoms with Gasteiger partial charge in [-0.15, -0.1) is 0 Å². The van der Waals surface area contributed by atoms with Crippen LogP contribution >= 0.6 is 0 Å². The highest BCUT2D eigenvalue weighted by atomic mass is 16.5. The number of fused-ring (bicyclic) bond motifs is 1. The number of nitrogens with zero attached hydrogens (tertiary/aromatic N) is 1. The van der Waals surface area contributed by atoms with Crippen molar-refractivity contribution < 1.29 is 9.84 Å². The van der Waals surface area contributed by atoms with E-state index in [9.17, 15) is 0 Å². The van der Waals surface area contributed by atoms with E-state index in [1.165, 1.54) is 16.8 Å². The van der Waals surface area contributed by atoms with Crippen molar-refractivity contribution in [3.8, 4) is 5.75 Å². The lowest BCUT2D eigenvalue weighted by atomic mass is 10.1. The second kappa shape index (κ2) is 5.55. The van der Waals surface area contributed by atoms with E-state index >= 15 is 0 Å². The van der Waals surface area contributed by atoms with Crippen LogP contribution in [0.5, 0.6) is 5.75 Å². The van der Waals surface area contributed by atoms with Gasteiger partial charge in [0.2, 0.25) is 0 Å². The molecule has 0 aromatic heterocycles. The van der Waals surface area contributed by atoms with E-state index in [2.05, 4.69) is 29.2 Å². The highest BCUT2D eigenvalue weighted by Gasteiger charge is 2.19. The molecule has 2 aromatic rings. The first-order valence-corrected chi connectivity index (χ1v) is 6.90. The molecule has 0 bridgehead atoms. The zero-order valence-electron chi connectivity index (χ0n) is 11.7. The van der Waals surface area contributed by atoms with Crippen molar-refractivity contribution in [3.63, 3.8) is 0 Å². The van der Waals surface area contributed by atoms with Gasteiger partial charge in [0, 0.05) is 18.8 Å². The zero-order chi connectivity index (χ0) is 13.9. The molecule has 0 spiro atoms. The van der Waals surface area contributed by atoms with Gasteiger partial charge in [-0.1, -0.05) is 24.3 Å². The van der Waals surface area contributed by atoms with E-state index in [4.69, 9.17) is 9.84 Å². The van der Waals surface area contributed by atoms with Gasteiger partial charge in [-0.25, -0.2) is 0 Å². The molecule has 0 saturated carbocycles. The second-order valence-corrected chi connectivity index (χ2v) is 5.14. The fourth-order valence-electron chi connectivity index (χ4n) is 2.71. The molecule has 0 saturated heterocycles. The van der Waals surface area contributed by atoms with Gasteiger partial charge in [0.1, 0.15) is 5.75 Å². The molecule has 1 aliphatic rings. The number of aliphatic hydroxyl groups excluding tert-OH is 1. The highest BCUT2D eigenvalue weighted by Crippen LogP contribution is 2.32. The summed E-state index contributed by atoms with van der Waals surface area (Å²) >= 11 is 0. The number of rotatable bonds is 4. The molecular weight excluding hydrogens is 250 g/mol. The summed E-state index contributed by atoms with van der Waals surface area (Å²) in [7, 11) is 1.71. The zero-order valence-corrected chi connectivity index (χ0v) is 11.7. The van der Waals surface area contributed by atoms with Crippen molar-refractivity contribution in [2.75, 3.05) is 18.6 Å². The Morgan fingerprint density at radius 1 is 1.10 bits per heavy atom. The Balaban J connectivity index is 1.77. The second-order valence-electron chi connectivity index (χ2n) is 5.14. The number of methoxy groups -OCH3 is 1. The van der Waals surface area contributed by atoms with Gasteiger partial charge in [-0.05, 0) is 41.3 Å². The van der Waals surface area contributed by atoms with Crippen molar-refractivity contribution in [1.29, 1.82) is 0 Å². The quantitative estimate of drug-likeness (QED) is 0.926. The number of anilines is 1. The van der Waals surface area contributed by atoms with Crippen molar-refractivity contribution in [2.45, 2.75) is 19.6 Å². The van der Waals surface area contributed by atoms with Gasteiger partial charge in [0.15, 0.2) is 0 Å². The van der Waals surface area contributed by atoms with Crippen molar-refractivity contribution in [2.24, 2.45) is 0 Å². The Labute approximate surface area is 119 Å². The summed E-state index contributed by atoms with van der Waals surface area (Å²) in [5, 5.41) is 9.07. The number of hydrogen-bond donors (Lipinski definition) is 1. The predicted octanol–water partition coefficient (Wildman–Crippen LogP) is 2.75. The van der Waals surface area contributed by atoms with E-state index < -0.39 is 0 Å². The van der Waals surface area contributed by atoms with Crippen LogP contribution in [0.1, 0.15) is 16.7 Å². The molecule has 0 atom stereocenters. The lowest BCUT2D eigenvalue weighted by Gasteiger charge is -2.19. The molecule has 3 heteroatoms. The largest absolute Gasteiger partial charge is 0.497 e. The van der Waals surface area contributed by atoms with Crippen LogP contribution in [0, 0.1) is 0 Å². The van der Waals surface area contributed by atoms with Crippen LogP contribution in [-0.4, -0.2) is 18.8 Å². The molecule has 3 rings (SSSR count). The van der Waals surface area contributed by atoms with Crippen LogP contribution in [0.15, 0.2) is 42.5 Å².